The number of nitrogens with two attached hydrogens (primary N) is 2. The Morgan fingerprint density at radius 2 is 2.21 bits per heavy atom. The van der Waals surface area contributed by atoms with Crippen molar-refractivity contribution in [2.24, 2.45) is 5.73 Å². The van der Waals surface area contributed by atoms with Crippen molar-refractivity contribution in [3.05, 3.63) is 41.6 Å². The van der Waals surface area contributed by atoms with Gasteiger partial charge in [-0.15, -0.1) is 0 Å². The molecule has 19 heavy (non-hydrogen) atoms. The summed E-state index contributed by atoms with van der Waals surface area (Å²) >= 11 is 0. The number of aromatic nitrogens is 1. The van der Waals surface area contributed by atoms with E-state index in [2.05, 4.69) is 10.3 Å². The lowest BCUT2D eigenvalue weighted by Crippen LogP contribution is -2.16. The van der Waals surface area contributed by atoms with Gasteiger partial charge < -0.3 is 21.2 Å². The molecule has 6 heteroatoms. The molecule has 0 saturated carbocycles. The zero-order chi connectivity index (χ0) is 14.0. The van der Waals surface area contributed by atoms with E-state index in [0.717, 1.165) is 5.76 Å². The summed E-state index contributed by atoms with van der Waals surface area (Å²) in [6, 6.07) is 4.76. The molecule has 0 spiro atoms. The van der Waals surface area contributed by atoms with Crippen LogP contribution in [0.3, 0.4) is 0 Å². The molecule has 1 atom stereocenters. The fourth-order valence-corrected chi connectivity index (χ4v) is 1.76. The van der Waals surface area contributed by atoms with Crippen LogP contribution in [-0.2, 0) is 0 Å². The van der Waals surface area contributed by atoms with Gasteiger partial charge in [0.15, 0.2) is 0 Å². The standard InChI is InChI=1S/C13H16N4O2/c1-7-6-16-13(19-7)8(2)17-11-4-3-9(14)5-10(11)12(15)18/h3-6,8,17H,14H2,1-2H3,(H2,15,18). The van der Waals surface area contributed by atoms with Crippen LogP contribution in [0.15, 0.2) is 28.8 Å². The fraction of sp³-hybridized carbons (Fsp3) is 0.231. The maximum atomic E-state index is 11.4. The summed E-state index contributed by atoms with van der Waals surface area (Å²) in [7, 11) is 0. The van der Waals surface area contributed by atoms with Crippen LogP contribution in [0.5, 0.6) is 0 Å². The lowest BCUT2D eigenvalue weighted by molar-refractivity contribution is 0.100. The van der Waals surface area contributed by atoms with Crippen LogP contribution in [-0.4, -0.2) is 10.9 Å². The molecule has 0 aliphatic heterocycles. The van der Waals surface area contributed by atoms with Crippen molar-refractivity contribution in [2.75, 3.05) is 11.1 Å². The lowest BCUT2D eigenvalue weighted by Gasteiger charge is -2.14. The molecule has 6 nitrogen and oxygen atoms in total. The molecule has 1 aromatic carbocycles. The smallest absolute Gasteiger partial charge is 0.250 e. The maximum absolute atomic E-state index is 11.4. The number of nitrogens with one attached hydrogen (secondary N) is 1. The minimum Gasteiger partial charge on any atom is -0.444 e. The topological polar surface area (TPSA) is 107 Å². The van der Waals surface area contributed by atoms with Crippen molar-refractivity contribution < 1.29 is 9.21 Å². The van der Waals surface area contributed by atoms with E-state index in [9.17, 15) is 4.79 Å². The van der Waals surface area contributed by atoms with Gasteiger partial charge >= 0.3 is 0 Å². The average molecular weight is 260 g/mol. The Morgan fingerprint density at radius 3 is 2.79 bits per heavy atom. The summed E-state index contributed by atoms with van der Waals surface area (Å²) in [6.07, 6.45) is 1.64. The molecule has 0 aliphatic rings. The highest BCUT2D eigenvalue weighted by atomic mass is 16.4. The molecular formula is C13H16N4O2. The number of oxazole rings is 1. The van der Waals surface area contributed by atoms with Gasteiger partial charge in [0.05, 0.1) is 11.8 Å². The molecular weight excluding hydrogens is 244 g/mol. The molecule has 1 heterocycles. The quantitative estimate of drug-likeness (QED) is 0.727. The summed E-state index contributed by atoms with van der Waals surface area (Å²) in [5.41, 5.74) is 12.4. The van der Waals surface area contributed by atoms with E-state index in [0.29, 0.717) is 22.8 Å². The molecule has 1 unspecified atom stereocenters. The SMILES string of the molecule is Cc1cnc(C(C)Nc2ccc(N)cc2C(N)=O)o1. The number of anilines is 2. The van der Waals surface area contributed by atoms with Gasteiger partial charge in [0.25, 0.3) is 5.91 Å². The number of rotatable bonds is 4. The molecule has 2 aromatic rings. The van der Waals surface area contributed by atoms with Gasteiger partial charge in [-0.1, -0.05) is 0 Å². The third-order valence-corrected chi connectivity index (χ3v) is 2.69. The number of benzene rings is 1. The fourth-order valence-electron chi connectivity index (χ4n) is 1.76. The van der Waals surface area contributed by atoms with Crippen LogP contribution in [0.25, 0.3) is 0 Å². The van der Waals surface area contributed by atoms with Crippen molar-refractivity contribution in [3.63, 3.8) is 0 Å². The van der Waals surface area contributed by atoms with Gasteiger partial charge in [0.2, 0.25) is 5.89 Å². The first-order valence-electron chi connectivity index (χ1n) is 5.85. The summed E-state index contributed by atoms with van der Waals surface area (Å²) in [5, 5.41) is 3.14. The van der Waals surface area contributed by atoms with Gasteiger partial charge in [-0.05, 0) is 32.0 Å². The van der Waals surface area contributed by atoms with Gasteiger partial charge in [-0.25, -0.2) is 4.98 Å². The van der Waals surface area contributed by atoms with Crippen LogP contribution >= 0.6 is 0 Å². The maximum Gasteiger partial charge on any atom is 0.250 e. The van der Waals surface area contributed by atoms with E-state index >= 15 is 0 Å². The first-order chi connectivity index (χ1) is 8.97. The molecule has 0 aliphatic carbocycles. The van der Waals surface area contributed by atoms with Crippen LogP contribution in [0.2, 0.25) is 0 Å². The van der Waals surface area contributed by atoms with Crippen LogP contribution in [0.4, 0.5) is 11.4 Å². The summed E-state index contributed by atoms with van der Waals surface area (Å²) in [6.45, 7) is 3.70. The van der Waals surface area contributed by atoms with Gasteiger partial charge in [0.1, 0.15) is 11.8 Å². The van der Waals surface area contributed by atoms with Crippen molar-refractivity contribution >= 4 is 17.3 Å². The number of hydrogen-bond acceptors (Lipinski definition) is 5. The van der Waals surface area contributed by atoms with Gasteiger partial charge in [-0.2, -0.15) is 0 Å². The van der Waals surface area contributed by atoms with Gasteiger partial charge in [0, 0.05) is 11.4 Å². The Balaban J connectivity index is 2.26. The molecule has 1 aromatic heterocycles. The monoisotopic (exact) mass is 260 g/mol. The molecule has 0 saturated heterocycles. The normalized spacial score (nSPS) is 12.1. The molecule has 1 amide bonds. The van der Waals surface area contributed by atoms with E-state index in [1.807, 2.05) is 13.8 Å². The van der Waals surface area contributed by atoms with Crippen molar-refractivity contribution in [1.82, 2.24) is 4.98 Å². The second-order valence-electron chi connectivity index (χ2n) is 4.34. The Labute approximate surface area is 110 Å². The van der Waals surface area contributed by atoms with E-state index in [-0.39, 0.29) is 6.04 Å². The van der Waals surface area contributed by atoms with Crippen LogP contribution in [0, 0.1) is 6.92 Å². The minimum absolute atomic E-state index is 0.185. The zero-order valence-electron chi connectivity index (χ0n) is 10.8. The molecule has 5 N–H and O–H groups in total. The first kappa shape index (κ1) is 12.9. The van der Waals surface area contributed by atoms with E-state index in [1.165, 1.54) is 6.07 Å². The summed E-state index contributed by atoms with van der Waals surface area (Å²) in [4.78, 5) is 15.5. The number of amides is 1. The molecule has 2 rings (SSSR count). The number of carbonyl (C=O) groups is 1. The third kappa shape index (κ3) is 2.85. The predicted molar refractivity (Wildman–Crippen MR) is 72.7 cm³/mol. The first-order valence-corrected chi connectivity index (χ1v) is 5.85. The van der Waals surface area contributed by atoms with E-state index < -0.39 is 5.91 Å². The minimum atomic E-state index is -0.536. The number of nitrogen functional groups attached to an aromatic ring is 1. The summed E-state index contributed by atoms with van der Waals surface area (Å²) < 4.78 is 5.43. The highest BCUT2D eigenvalue weighted by Crippen LogP contribution is 2.24. The number of carbonyl (C=O) groups excluding carboxylic acids is 1. The molecule has 100 valence electrons. The Bertz CT molecular complexity index is 606. The predicted octanol–water partition coefficient (Wildman–Crippen LogP) is 1.84. The second-order valence-corrected chi connectivity index (χ2v) is 4.34. The third-order valence-electron chi connectivity index (χ3n) is 2.69. The number of nitrogens with zero attached hydrogens (tertiary/aromatic N) is 1. The number of hydrogen-bond donors (Lipinski definition) is 3. The highest BCUT2D eigenvalue weighted by molar-refractivity contribution is 5.99. The molecule has 0 bridgehead atoms. The average Bonchev–Trinajstić information content (AvgIpc) is 2.78. The molecule has 0 fully saturated rings. The largest absolute Gasteiger partial charge is 0.444 e. The van der Waals surface area contributed by atoms with Crippen molar-refractivity contribution in [2.45, 2.75) is 19.9 Å². The zero-order valence-corrected chi connectivity index (χ0v) is 10.8. The van der Waals surface area contributed by atoms with E-state index in [4.69, 9.17) is 15.9 Å². The van der Waals surface area contributed by atoms with Crippen LogP contribution < -0.4 is 16.8 Å². The Kier molecular flexibility index (Phi) is 3.41. The second kappa shape index (κ2) is 5.01. The summed E-state index contributed by atoms with van der Waals surface area (Å²) in [5.74, 6) is 0.742. The lowest BCUT2D eigenvalue weighted by atomic mass is 10.1. The van der Waals surface area contributed by atoms with Gasteiger partial charge in [-0.3, -0.25) is 4.79 Å². The van der Waals surface area contributed by atoms with E-state index in [1.54, 1.807) is 18.3 Å². The highest BCUT2D eigenvalue weighted by Gasteiger charge is 2.15. The Hall–Kier alpha value is -2.50. The molecule has 0 radical (unpaired) electrons. The van der Waals surface area contributed by atoms with Crippen LogP contribution in [0.1, 0.15) is 35.0 Å². The Morgan fingerprint density at radius 1 is 1.47 bits per heavy atom. The number of aryl methyl sites for hydroxylation is 1. The van der Waals surface area contributed by atoms with Crippen molar-refractivity contribution in [1.29, 1.82) is 0 Å². The number of primary amides is 1. The van der Waals surface area contributed by atoms with Crippen molar-refractivity contribution in [3.8, 4) is 0 Å².